The molecule has 18 heavy (non-hydrogen) atoms. The topological polar surface area (TPSA) is 29.9 Å². The third-order valence-electron chi connectivity index (χ3n) is 4.94. The maximum absolute atomic E-state index is 4.72. The van der Waals surface area contributed by atoms with Gasteiger partial charge in [-0.1, -0.05) is 19.8 Å². The van der Waals surface area contributed by atoms with E-state index >= 15 is 0 Å². The van der Waals surface area contributed by atoms with Crippen LogP contribution < -0.4 is 5.32 Å². The average molecular weight is 247 g/mol. The van der Waals surface area contributed by atoms with E-state index in [0.29, 0.717) is 11.6 Å². The fraction of sp³-hybridized carbons (Fsp3) is 0.800. The molecule has 3 heteroatoms. The second-order valence-corrected chi connectivity index (χ2v) is 6.16. The van der Waals surface area contributed by atoms with Crippen LogP contribution in [0.1, 0.15) is 70.0 Å². The van der Waals surface area contributed by atoms with Gasteiger partial charge in [-0.3, -0.25) is 0 Å². The molecular weight excluding hydrogens is 222 g/mol. The quantitative estimate of drug-likeness (QED) is 0.869. The Balaban J connectivity index is 1.82. The summed E-state index contributed by atoms with van der Waals surface area (Å²) >= 11 is 0. The Morgan fingerprint density at radius 2 is 2.06 bits per heavy atom. The minimum absolute atomic E-state index is 0.341. The Labute approximate surface area is 110 Å². The fourth-order valence-corrected chi connectivity index (χ4v) is 3.48. The first-order valence-corrected chi connectivity index (χ1v) is 7.56. The van der Waals surface area contributed by atoms with E-state index in [1.165, 1.54) is 51.4 Å². The van der Waals surface area contributed by atoms with Crippen molar-refractivity contribution in [2.24, 2.45) is 0 Å². The molecule has 1 heterocycles. The molecule has 0 radical (unpaired) electrons. The fourth-order valence-electron chi connectivity index (χ4n) is 3.48. The van der Waals surface area contributed by atoms with E-state index in [0.717, 1.165) is 11.6 Å². The predicted molar refractivity (Wildman–Crippen MR) is 75.0 cm³/mol. The third kappa shape index (κ3) is 2.04. The molecule has 2 fully saturated rings. The standard InChI is InChI=1S/C15H25N3/c1-3-15(9-6-10-15)17-14-16-12(2)11-18(14)13-7-4-5-8-13/h11,13H,3-10H2,1-2H3,(H,16,17). The zero-order chi connectivity index (χ0) is 12.6. The highest BCUT2D eigenvalue weighted by Gasteiger charge is 2.36. The molecule has 0 aromatic carbocycles. The highest BCUT2D eigenvalue weighted by atomic mass is 15.2. The number of hydrogen-bond donors (Lipinski definition) is 1. The molecule has 3 rings (SSSR count). The van der Waals surface area contributed by atoms with Gasteiger partial charge in [0.2, 0.25) is 5.95 Å². The third-order valence-corrected chi connectivity index (χ3v) is 4.94. The van der Waals surface area contributed by atoms with Crippen LogP contribution in [0.3, 0.4) is 0 Å². The lowest BCUT2D eigenvalue weighted by atomic mass is 9.75. The van der Waals surface area contributed by atoms with Crippen LogP contribution in [0.25, 0.3) is 0 Å². The van der Waals surface area contributed by atoms with Crippen LogP contribution in [0.4, 0.5) is 5.95 Å². The molecule has 1 aromatic rings. The number of anilines is 1. The van der Waals surface area contributed by atoms with Crippen molar-refractivity contribution in [2.45, 2.75) is 76.8 Å². The van der Waals surface area contributed by atoms with Gasteiger partial charge in [-0.05, 0) is 45.4 Å². The smallest absolute Gasteiger partial charge is 0.203 e. The van der Waals surface area contributed by atoms with Crippen LogP contribution in [-0.4, -0.2) is 15.1 Å². The van der Waals surface area contributed by atoms with Gasteiger partial charge in [-0.2, -0.15) is 0 Å². The molecule has 0 bridgehead atoms. The van der Waals surface area contributed by atoms with E-state index < -0.39 is 0 Å². The Morgan fingerprint density at radius 1 is 1.33 bits per heavy atom. The maximum atomic E-state index is 4.72. The lowest BCUT2D eigenvalue weighted by Crippen LogP contribution is -2.45. The van der Waals surface area contributed by atoms with Gasteiger partial charge in [-0.15, -0.1) is 0 Å². The van der Waals surface area contributed by atoms with E-state index in [1.54, 1.807) is 0 Å². The van der Waals surface area contributed by atoms with Gasteiger partial charge in [0.05, 0.1) is 5.69 Å². The monoisotopic (exact) mass is 247 g/mol. The van der Waals surface area contributed by atoms with Crippen molar-refractivity contribution in [1.82, 2.24) is 9.55 Å². The van der Waals surface area contributed by atoms with Gasteiger partial charge in [0, 0.05) is 17.8 Å². The number of nitrogens with one attached hydrogen (secondary N) is 1. The van der Waals surface area contributed by atoms with Crippen LogP contribution in [-0.2, 0) is 0 Å². The number of nitrogens with zero attached hydrogens (tertiary/aromatic N) is 2. The number of imidazole rings is 1. The summed E-state index contributed by atoms with van der Waals surface area (Å²) in [6.45, 7) is 4.40. The minimum Gasteiger partial charge on any atom is -0.350 e. The molecule has 0 aliphatic heterocycles. The van der Waals surface area contributed by atoms with Crippen molar-refractivity contribution in [3.63, 3.8) is 0 Å². The van der Waals surface area contributed by atoms with Gasteiger partial charge in [0.25, 0.3) is 0 Å². The van der Waals surface area contributed by atoms with Crippen molar-refractivity contribution in [3.05, 3.63) is 11.9 Å². The number of rotatable bonds is 4. The Kier molecular flexibility index (Phi) is 3.08. The molecule has 1 N–H and O–H groups in total. The predicted octanol–water partition coefficient (Wildman–Crippen LogP) is 4.05. The van der Waals surface area contributed by atoms with Gasteiger partial charge in [-0.25, -0.2) is 4.98 Å². The summed E-state index contributed by atoms with van der Waals surface area (Å²) in [5, 5.41) is 3.76. The molecule has 0 atom stereocenters. The van der Waals surface area contributed by atoms with Crippen LogP contribution in [0.2, 0.25) is 0 Å². The number of aromatic nitrogens is 2. The first-order valence-electron chi connectivity index (χ1n) is 7.56. The van der Waals surface area contributed by atoms with Crippen molar-refractivity contribution < 1.29 is 0 Å². The molecule has 2 aliphatic rings. The average Bonchev–Trinajstić information content (AvgIpc) is 2.92. The van der Waals surface area contributed by atoms with Crippen LogP contribution in [0, 0.1) is 6.92 Å². The van der Waals surface area contributed by atoms with E-state index in [4.69, 9.17) is 4.98 Å². The van der Waals surface area contributed by atoms with E-state index in [9.17, 15) is 0 Å². The maximum Gasteiger partial charge on any atom is 0.203 e. The zero-order valence-electron chi connectivity index (χ0n) is 11.7. The summed E-state index contributed by atoms with van der Waals surface area (Å²) < 4.78 is 2.41. The Morgan fingerprint density at radius 3 is 2.61 bits per heavy atom. The molecule has 3 nitrogen and oxygen atoms in total. The minimum atomic E-state index is 0.341. The highest BCUT2D eigenvalue weighted by Crippen LogP contribution is 2.39. The van der Waals surface area contributed by atoms with Crippen molar-refractivity contribution in [1.29, 1.82) is 0 Å². The molecule has 2 saturated carbocycles. The van der Waals surface area contributed by atoms with E-state index in [-0.39, 0.29) is 0 Å². The summed E-state index contributed by atoms with van der Waals surface area (Å²) in [4.78, 5) is 4.72. The van der Waals surface area contributed by atoms with Crippen molar-refractivity contribution in [3.8, 4) is 0 Å². The second kappa shape index (κ2) is 4.60. The zero-order valence-corrected chi connectivity index (χ0v) is 11.7. The summed E-state index contributed by atoms with van der Waals surface area (Å²) in [5.41, 5.74) is 1.49. The van der Waals surface area contributed by atoms with Gasteiger partial charge < -0.3 is 9.88 Å². The summed E-state index contributed by atoms with van der Waals surface area (Å²) in [6, 6.07) is 0.683. The lowest BCUT2D eigenvalue weighted by Gasteiger charge is -2.42. The SMILES string of the molecule is CCC1(Nc2nc(C)cn2C2CCCC2)CCC1. The number of hydrogen-bond acceptors (Lipinski definition) is 2. The molecule has 100 valence electrons. The van der Waals surface area contributed by atoms with E-state index in [1.807, 2.05) is 0 Å². The van der Waals surface area contributed by atoms with Gasteiger partial charge >= 0.3 is 0 Å². The summed E-state index contributed by atoms with van der Waals surface area (Å²) in [5.74, 6) is 1.13. The van der Waals surface area contributed by atoms with Crippen molar-refractivity contribution >= 4 is 5.95 Å². The first-order chi connectivity index (χ1) is 8.72. The number of aryl methyl sites for hydroxylation is 1. The van der Waals surface area contributed by atoms with Gasteiger partial charge in [0.1, 0.15) is 0 Å². The molecule has 0 spiro atoms. The van der Waals surface area contributed by atoms with E-state index in [2.05, 4.69) is 29.9 Å². The lowest BCUT2D eigenvalue weighted by molar-refractivity contribution is 0.266. The van der Waals surface area contributed by atoms with Crippen LogP contribution in [0.15, 0.2) is 6.20 Å². The summed E-state index contributed by atoms with van der Waals surface area (Å²) in [6.07, 6.45) is 12.8. The van der Waals surface area contributed by atoms with Crippen LogP contribution in [0.5, 0.6) is 0 Å². The molecule has 0 saturated heterocycles. The molecular formula is C15H25N3. The Hall–Kier alpha value is -0.990. The van der Waals surface area contributed by atoms with Crippen LogP contribution >= 0.6 is 0 Å². The molecule has 1 aromatic heterocycles. The second-order valence-electron chi connectivity index (χ2n) is 6.16. The largest absolute Gasteiger partial charge is 0.350 e. The van der Waals surface area contributed by atoms with Gasteiger partial charge in [0.15, 0.2) is 0 Å². The Bertz CT molecular complexity index is 406. The molecule has 0 amide bonds. The molecule has 2 aliphatic carbocycles. The summed E-state index contributed by atoms with van der Waals surface area (Å²) in [7, 11) is 0. The molecule has 0 unspecified atom stereocenters. The first kappa shape index (κ1) is 12.1. The highest BCUT2D eigenvalue weighted by molar-refractivity contribution is 5.35. The van der Waals surface area contributed by atoms with Crippen molar-refractivity contribution in [2.75, 3.05) is 5.32 Å². The normalized spacial score (nSPS) is 23.0.